The van der Waals surface area contributed by atoms with Gasteiger partial charge in [-0.05, 0) is 57.5 Å². The summed E-state index contributed by atoms with van der Waals surface area (Å²) in [6.45, 7) is 7.10. The van der Waals surface area contributed by atoms with Crippen LogP contribution in [0.25, 0.3) is 5.69 Å². The molecule has 134 valence electrons. The molecular weight excluding hydrogens is 316 g/mol. The van der Waals surface area contributed by atoms with Gasteiger partial charge in [0.05, 0.1) is 5.69 Å². The Labute approximate surface area is 149 Å². The Morgan fingerprint density at radius 1 is 1.28 bits per heavy atom. The molecule has 0 bridgehead atoms. The molecule has 1 aliphatic heterocycles. The van der Waals surface area contributed by atoms with Crippen molar-refractivity contribution in [2.45, 2.75) is 38.8 Å². The second-order valence-electron chi connectivity index (χ2n) is 7.45. The summed E-state index contributed by atoms with van der Waals surface area (Å²) in [6.07, 6.45) is 4.41. The number of amides is 1. The van der Waals surface area contributed by atoms with Crippen LogP contribution in [0, 0.1) is 0 Å². The van der Waals surface area contributed by atoms with Crippen LogP contribution in [0.15, 0.2) is 42.7 Å². The van der Waals surface area contributed by atoms with Gasteiger partial charge in [0.1, 0.15) is 5.60 Å². The first-order valence-electron chi connectivity index (χ1n) is 8.64. The molecule has 0 spiro atoms. The van der Waals surface area contributed by atoms with Crippen LogP contribution in [0.5, 0.6) is 0 Å². The first-order chi connectivity index (χ1) is 11.8. The van der Waals surface area contributed by atoms with E-state index >= 15 is 0 Å². The second kappa shape index (κ2) is 6.78. The molecule has 1 fully saturated rings. The van der Waals surface area contributed by atoms with Crippen molar-refractivity contribution < 1.29 is 9.53 Å². The van der Waals surface area contributed by atoms with E-state index < -0.39 is 5.60 Å². The largest absolute Gasteiger partial charge is 0.444 e. The van der Waals surface area contributed by atoms with E-state index in [1.54, 1.807) is 11.1 Å². The maximum absolute atomic E-state index is 12.2. The van der Waals surface area contributed by atoms with Gasteiger partial charge in [0.25, 0.3) is 0 Å². The quantitative estimate of drug-likeness (QED) is 0.859. The van der Waals surface area contributed by atoms with Gasteiger partial charge in [-0.25, -0.2) is 9.48 Å². The van der Waals surface area contributed by atoms with Crippen LogP contribution < -0.4 is 4.90 Å². The third-order valence-corrected chi connectivity index (χ3v) is 4.39. The zero-order valence-electron chi connectivity index (χ0n) is 15.3. The number of hydrogen-bond donors (Lipinski definition) is 0. The third kappa shape index (κ3) is 4.13. The topological polar surface area (TPSA) is 50.6 Å². The van der Waals surface area contributed by atoms with Gasteiger partial charge in [0, 0.05) is 44.3 Å². The monoisotopic (exact) mass is 342 g/mol. The molecule has 1 aliphatic rings. The highest BCUT2D eigenvalue weighted by Gasteiger charge is 2.31. The van der Waals surface area contributed by atoms with Crippen molar-refractivity contribution in [3.8, 4) is 5.69 Å². The van der Waals surface area contributed by atoms with E-state index in [-0.39, 0.29) is 6.09 Å². The fourth-order valence-corrected chi connectivity index (χ4v) is 3.02. The van der Waals surface area contributed by atoms with Crippen molar-refractivity contribution in [3.05, 3.63) is 42.7 Å². The predicted molar refractivity (Wildman–Crippen MR) is 98.2 cm³/mol. The number of benzene rings is 1. The lowest BCUT2D eigenvalue weighted by atomic mass is 10.2. The van der Waals surface area contributed by atoms with E-state index in [0.29, 0.717) is 12.6 Å². The van der Waals surface area contributed by atoms with Crippen molar-refractivity contribution in [1.82, 2.24) is 14.7 Å². The van der Waals surface area contributed by atoms with Crippen LogP contribution in [0.2, 0.25) is 0 Å². The normalized spacial score (nSPS) is 17.6. The number of rotatable bonds is 3. The number of carbonyl (C=O) groups is 1. The first kappa shape index (κ1) is 17.3. The summed E-state index contributed by atoms with van der Waals surface area (Å²) in [5.74, 6) is 0. The molecule has 1 amide bonds. The molecule has 6 heteroatoms. The standard InChI is InChI=1S/C19H26N4O2/c1-19(2,3)25-18(24)22-13-10-17(14-22)21(4)15-6-8-16(9-7-15)23-12-5-11-20-23/h5-9,11-12,17H,10,13-14H2,1-4H3/t17-/m1/s1. The van der Waals surface area contributed by atoms with E-state index in [1.165, 1.54) is 0 Å². The molecule has 0 N–H and O–H groups in total. The lowest BCUT2D eigenvalue weighted by Gasteiger charge is -2.28. The van der Waals surface area contributed by atoms with Gasteiger partial charge in [-0.2, -0.15) is 5.10 Å². The number of likely N-dealkylation sites (N-methyl/N-ethyl adjacent to an activating group) is 1. The summed E-state index contributed by atoms with van der Waals surface area (Å²) < 4.78 is 7.31. The number of anilines is 1. The van der Waals surface area contributed by atoms with Crippen molar-refractivity contribution in [2.75, 3.05) is 25.0 Å². The van der Waals surface area contributed by atoms with E-state index in [4.69, 9.17) is 4.74 Å². The number of hydrogen-bond acceptors (Lipinski definition) is 4. The summed E-state index contributed by atoms with van der Waals surface area (Å²) in [4.78, 5) is 16.2. The first-order valence-corrected chi connectivity index (χ1v) is 8.64. The van der Waals surface area contributed by atoms with Crippen LogP contribution in [0.1, 0.15) is 27.2 Å². The third-order valence-electron chi connectivity index (χ3n) is 4.39. The van der Waals surface area contributed by atoms with Gasteiger partial charge in [0.15, 0.2) is 0 Å². The Bertz CT molecular complexity index is 704. The number of aromatic nitrogens is 2. The van der Waals surface area contributed by atoms with Crippen molar-refractivity contribution in [3.63, 3.8) is 0 Å². The van der Waals surface area contributed by atoms with Crippen LogP contribution in [0.4, 0.5) is 10.5 Å². The predicted octanol–water partition coefficient (Wildman–Crippen LogP) is 3.32. The van der Waals surface area contributed by atoms with Gasteiger partial charge < -0.3 is 14.5 Å². The van der Waals surface area contributed by atoms with Crippen molar-refractivity contribution >= 4 is 11.8 Å². The van der Waals surface area contributed by atoms with E-state index in [2.05, 4.69) is 41.3 Å². The summed E-state index contributed by atoms with van der Waals surface area (Å²) in [6, 6.07) is 10.5. The Morgan fingerprint density at radius 3 is 2.60 bits per heavy atom. The molecule has 25 heavy (non-hydrogen) atoms. The van der Waals surface area contributed by atoms with Crippen molar-refractivity contribution in [1.29, 1.82) is 0 Å². The molecular formula is C19H26N4O2. The van der Waals surface area contributed by atoms with Crippen LogP contribution >= 0.6 is 0 Å². The van der Waals surface area contributed by atoms with Crippen molar-refractivity contribution in [2.24, 2.45) is 0 Å². The molecule has 0 saturated carbocycles. The summed E-state index contributed by atoms with van der Waals surface area (Å²) in [5, 5.41) is 4.24. The molecule has 1 aromatic carbocycles. The minimum absolute atomic E-state index is 0.225. The number of ether oxygens (including phenoxy) is 1. The van der Waals surface area contributed by atoms with Crippen LogP contribution in [-0.4, -0.2) is 52.6 Å². The fraction of sp³-hybridized carbons (Fsp3) is 0.474. The molecule has 3 rings (SSSR count). The Hall–Kier alpha value is -2.50. The van der Waals surface area contributed by atoms with Crippen LogP contribution in [0.3, 0.4) is 0 Å². The molecule has 1 aromatic heterocycles. The van der Waals surface area contributed by atoms with Gasteiger partial charge in [-0.1, -0.05) is 0 Å². The average molecular weight is 342 g/mol. The fourth-order valence-electron chi connectivity index (χ4n) is 3.02. The van der Waals surface area contributed by atoms with E-state index in [9.17, 15) is 4.79 Å². The molecule has 0 unspecified atom stereocenters. The smallest absolute Gasteiger partial charge is 0.410 e. The van der Waals surface area contributed by atoms with Gasteiger partial charge >= 0.3 is 6.09 Å². The van der Waals surface area contributed by atoms with Crippen LogP contribution in [-0.2, 0) is 4.74 Å². The Kier molecular flexibility index (Phi) is 4.70. The molecule has 0 aliphatic carbocycles. The van der Waals surface area contributed by atoms with E-state index in [0.717, 1.165) is 24.3 Å². The SMILES string of the molecule is CN(c1ccc(-n2cccn2)cc1)[C@@H]1CCN(C(=O)OC(C)(C)C)C1. The lowest BCUT2D eigenvalue weighted by molar-refractivity contribution is 0.0292. The zero-order valence-corrected chi connectivity index (χ0v) is 15.3. The number of carbonyl (C=O) groups excluding carboxylic acids is 1. The summed E-state index contributed by atoms with van der Waals surface area (Å²) in [5.41, 5.74) is 1.71. The second-order valence-corrected chi connectivity index (χ2v) is 7.45. The molecule has 6 nitrogen and oxygen atoms in total. The highest BCUT2D eigenvalue weighted by molar-refractivity contribution is 5.68. The molecule has 1 atom stereocenters. The highest BCUT2D eigenvalue weighted by Crippen LogP contribution is 2.24. The number of likely N-dealkylation sites (tertiary alicyclic amines) is 1. The molecule has 0 radical (unpaired) electrons. The maximum atomic E-state index is 12.2. The highest BCUT2D eigenvalue weighted by atomic mass is 16.6. The number of nitrogens with zero attached hydrogens (tertiary/aromatic N) is 4. The summed E-state index contributed by atoms with van der Waals surface area (Å²) in [7, 11) is 2.08. The van der Waals surface area contributed by atoms with E-state index in [1.807, 2.05) is 37.7 Å². The minimum Gasteiger partial charge on any atom is -0.444 e. The zero-order chi connectivity index (χ0) is 18.0. The average Bonchev–Trinajstić information content (AvgIpc) is 3.24. The van der Waals surface area contributed by atoms with Gasteiger partial charge in [-0.3, -0.25) is 0 Å². The lowest BCUT2D eigenvalue weighted by Crippen LogP contribution is -2.39. The molecule has 2 aromatic rings. The maximum Gasteiger partial charge on any atom is 0.410 e. The minimum atomic E-state index is -0.455. The summed E-state index contributed by atoms with van der Waals surface area (Å²) >= 11 is 0. The van der Waals surface area contributed by atoms with Gasteiger partial charge in [-0.15, -0.1) is 0 Å². The Morgan fingerprint density at radius 2 is 2.00 bits per heavy atom. The molecule has 2 heterocycles. The van der Waals surface area contributed by atoms with Gasteiger partial charge in [0.2, 0.25) is 0 Å². The molecule has 1 saturated heterocycles. The Balaban J connectivity index is 1.62.